The highest BCUT2D eigenvalue weighted by Gasteiger charge is 2.20. The number of halogens is 2. The van der Waals surface area contributed by atoms with Crippen LogP contribution in [0.3, 0.4) is 0 Å². The molecule has 0 fully saturated rings. The van der Waals surface area contributed by atoms with Crippen LogP contribution in [0.2, 0.25) is 5.02 Å². The number of hydrogen-bond donors (Lipinski definition) is 1. The van der Waals surface area contributed by atoms with Gasteiger partial charge in [0.25, 0.3) is 0 Å². The van der Waals surface area contributed by atoms with Crippen LogP contribution in [0.1, 0.15) is 11.3 Å². The van der Waals surface area contributed by atoms with Crippen LogP contribution in [0.25, 0.3) is 31.8 Å². The van der Waals surface area contributed by atoms with Gasteiger partial charge < -0.3 is 19.5 Å². The van der Waals surface area contributed by atoms with Crippen molar-refractivity contribution in [1.29, 1.82) is 0 Å². The summed E-state index contributed by atoms with van der Waals surface area (Å²) in [5.74, 6) is -0.400. The number of aryl methyl sites for hydroxylation is 2. The molecular formula is C25H22ClFN6O4S. The Balaban J connectivity index is 1.30. The van der Waals surface area contributed by atoms with E-state index >= 15 is 0 Å². The molecule has 1 N–H and O–H groups in total. The van der Waals surface area contributed by atoms with Crippen LogP contribution in [0.4, 0.5) is 9.18 Å². The molecule has 38 heavy (non-hydrogen) atoms. The van der Waals surface area contributed by atoms with E-state index in [1.54, 1.807) is 24.0 Å². The average Bonchev–Trinajstić information content (AvgIpc) is 3.53. The molecule has 5 rings (SSSR count). The predicted octanol–water partition coefficient (Wildman–Crippen LogP) is 5.05. The maximum absolute atomic E-state index is 15.0. The van der Waals surface area contributed by atoms with Crippen molar-refractivity contribution in [2.24, 2.45) is 7.05 Å². The van der Waals surface area contributed by atoms with Crippen LogP contribution in [0, 0.1) is 12.7 Å². The summed E-state index contributed by atoms with van der Waals surface area (Å²) in [5, 5.41) is 7.20. The highest BCUT2D eigenvalue weighted by molar-refractivity contribution is 7.21. The van der Waals surface area contributed by atoms with Crippen LogP contribution in [-0.4, -0.2) is 51.1 Å². The summed E-state index contributed by atoms with van der Waals surface area (Å²) in [7, 11) is 3.31. The second-order valence-electron chi connectivity index (χ2n) is 8.28. The lowest BCUT2D eigenvalue weighted by Crippen LogP contribution is -2.25. The normalized spacial score (nSPS) is 11.2. The van der Waals surface area contributed by atoms with Crippen LogP contribution in [0.5, 0.6) is 11.6 Å². The van der Waals surface area contributed by atoms with Crippen molar-refractivity contribution >= 4 is 50.3 Å². The van der Waals surface area contributed by atoms with E-state index in [4.69, 9.17) is 25.8 Å². The Kier molecular flexibility index (Phi) is 7.25. The molecule has 0 saturated carbocycles. The zero-order chi connectivity index (χ0) is 26.8. The van der Waals surface area contributed by atoms with E-state index in [-0.39, 0.29) is 30.5 Å². The first-order chi connectivity index (χ1) is 18.3. The van der Waals surface area contributed by atoms with Gasteiger partial charge in [-0.25, -0.2) is 24.1 Å². The quantitative estimate of drug-likeness (QED) is 0.264. The highest BCUT2D eigenvalue weighted by Crippen LogP contribution is 2.40. The van der Waals surface area contributed by atoms with Crippen molar-refractivity contribution in [1.82, 2.24) is 30.0 Å². The molecule has 3 heterocycles. The number of rotatable bonds is 8. The van der Waals surface area contributed by atoms with Gasteiger partial charge in [-0.1, -0.05) is 11.6 Å². The van der Waals surface area contributed by atoms with Gasteiger partial charge in [0, 0.05) is 24.9 Å². The molecule has 0 saturated heterocycles. The summed E-state index contributed by atoms with van der Waals surface area (Å²) in [6.07, 6.45) is 2.67. The van der Waals surface area contributed by atoms with Gasteiger partial charge in [-0.05, 0) is 30.7 Å². The molecular weight excluding hydrogens is 535 g/mol. The molecule has 0 bridgehead atoms. The van der Waals surface area contributed by atoms with E-state index in [0.717, 1.165) is 11.1 Å². The van der Waals surface area contributed by atoms with Gasteiger partial charge in [0.15, 0.2) is 11.6 Å². The van der Waals surface area contributed by atoms with Crippen LogP contribution in [-0.2, 0) is 18.3 Å². The van der Waals surface area contributed by atoms with Gasteiger partial charge in [0.2, 0.25) is 5.88 Å². The fourth-order valence-corrected chi connectivity index (χ4v) is 5.08. The SMILES string of the molecule is COc1cnc2c(-c3nc4c(Cl)c(F)c(OCCOC(=O)NCc5ccn(C)n5)cc4s3)cc(C)cc2n1. The van der Waals surface area contributed by atoms with E-state index in [9.17, 15) is 9.18 Å². The summed E-state index contributed by atoms with van der Waals surface area (Å²) in [6.45, 7) is 2.01. The van der Waals surface area contributed by atoms with E-state index in [1.165, 1.54) is 30.7 Å². The van der Waals surface area contributed by atoms with Crippen LogP contribution in [0.15, 0.2) is 36.7 Å². The molecule has 0 aliphatic rings. The topological polar surface area (TPSA) is 113 Å². The lowest BCUT2D eigenvalue weighted by molar-refractivity contribution is 0.123. The summed E-state index contributed by atoms with van der Waals surface area (Å²) in [5.41, 5.74) is 4.02. The number of methoxy groups -OCH3 is 1. The summed E-state index contributed by atoms with van der Waals surface area (Å²) in [4.78, 5) is 25.4. The van der Waals surface area contributed by atoms with Crippen molar-refractivity contribution in [2.45, 2.75) is 13.5 Å². The number of hydrogen-bond acceptors (Lipinski definition) is 9. The number of carbonyl (C=O) groups excluding carboxylic acids is 1. The molecule has 1 amide bonds. The minimum atomic E-state index is -0.741. The first kappa shape index (κ1) is 25.6. The molecule has 5 aromatic rings. The third kappa shape index (κ3) is 5.31. The lowest BCUT2D eigenvalue weighted by atomic mass is 10.1. The Hall–Kier alpha value is -4.03. The third-order valence-corrected chi connectivity index (χ3v) is 6.88. The smallest absolute Gasteiger partial charge is 0.407 e. The molecule has 0 aliphatic heterocycles. The maximum atomic E-state index is 15.0. The Bertz CT molecular complexity index is 1660. The largest absolute Gasteiger partial charge is 0.487 e. The Morgan fingerprint density at radius 2 is 2.05 bits per heavy atom. The number of fused-ring (bicyclic) bond motifs is 2. The third-order valence-electron chi connectivity index (χ3n) is 5.50. The van der Waals surface area contributed by atoms with Crippen molar-refractivity contribution < 1.29 is 23.4 Å². The molecule has 10 nitrogen and oxygen atoms in total. The standard InChI is InChI=1S/C25H22ClFN6O4S/c1-13-8-15(22-16(9-13)30-19(35-3)12-28-22)24-31-23-18(38-24)10-17(21(27)20(23)26)36-6-7-37-25(34)29-11-14-4-5-33(2)32-14/h4-5,8-10,12H,6-7,11H2,1-3H3,(H,29,34). The molecule has 196 valence electrons. The highest BCUT2D eigenvalue weighted by atomic mass is 35.5. The Labute approximate surface area is 225 Å². The molecule has 13 heteroatoms. The van der Waals surface area contributed by atoms with Gasteiger partial charge in [-0.2, -0.15) is 5.10 Å². The van der Waals surface area contributed by atoms with Crippen molar-refractivity contribution in [3.8, 4) is 22.2 Å². The van der Waals surface area contributed by atoms with Gasteiger partial charge in [0.1, 0.15) is 28.8 Å². The first-order valence-corrected chi connectivity index (χ1v) is 12.6. The number of benzene rings is 2. The number of nitrogens with zero attached hydrogens (tertiary/aromatic N) is 5. The molecule has 0 unspecified atom stereocenters. The average molecular weight is 557 g/mol. The van der Waals surface area contributed by atoms with E-state index < -0.39 is 11.9 Å². The van der Waals surface area contributed by atoms with Gasteiger partial charge >= 0.3 is 6.09 Å². The van der Waals surface area contributed by atoms with Gasteiger partial charge in [-0.3, -0.25) is 4.68 Å². The maximum Gasteiger partial charge on any atom is 0.407 e. The molecule has 0 spiro atoms. The van der Waals surface area contributed by atoms with Crippen molar-refractivity contribution in [3.63, 3.8) is 0 Å². The number of carbonyl (C=O) groups is 1. The fraction of sp³-hybridized carbons (Fsp3) is 0.240. The molecule has 3 aromatic heterocycles. The Morgan fingerprint density at radius 3 is 2.82 bits per heavy atom. The summed E-state index contributed by atoms with van der Waals surface area (Å²) >= 11 is 7.65. The van der Waals surface area contributed by atoms with E-state index in [0.29, 0.717) is 37.8 Å². The van der Waals surface area contributed by atoms with Gasteiger partial charge in [-0.15, -0.1) is 11.3 Å². The van der Waals surface area contributed by atoms with Crippen LogP contribution < -0.4 is 14.8 Å². The number of ether oxygens (including phenoxy) is 3. The lowest BCUT2D eigenvalue weighted by Gasteiger charge is -2.09. The zero-order valence-corrected chi connectivity index (χ0v) is 22.2. The number of aromatic nitrogens is 5. The van der Waals surface area contributed by atoms with Gasteiger partial charge in [0.05, 0.1) is 41.3 Å². The molecule has 0 atom stereocenters. The fourth-order valence-electron chi connectivity index (χ4n) is 3.77. The number of amides is 1. The van der Waals surface area contributed by atoms with Crippen molar-refractivity contribution in [2.75, 3.05) is 20.3 Å². The number of alkyl carbamates (subject to hydrolysis) is 1. The van der Waals surface area contributed by atoms with E-state index in [1.807, 2.05) is 19.1 Å². The zero-order valence-electron chi connectivity index (χ0n) is 20.6. The Morgan fingerprint density at radius 1 is 1.21 bits per heavy atom. The number of nitrogens with one attached hydrogen (secondary N) is 1. The second-order valence-corrected chi connectivity index (χ2v) is 9.69. The second kappa shape index (κ2) is 10.8. The molecule has 0 aliphatic carbocycles. The minimum Gasteiger partial charge on any atom is -0.487 e. The van der Waals surface area contributed by atoms with Crippen LogP contribution >= 0.6 is 22.9 Å². The summed E-state index contributed by atoms with van der Waals surface area (Å²) < 4.78 is 33.1. The molecule has 2 aromatic carbocycles. The van der Waals surface area contributed by atoms with E-state index in [2.05, 4.69) is 25.4 Å². The molecule has 0 radical (unpaired) electrons. The van der Waals surface area contributed by atoms with Crippen molar-refractivity contribution in [3.05, 3.63) is 58.8 Å². The number of thiazole rings is 1. The predicted molar refractivity (Wildman–Crippen MR) is 141 cm³/mol. The first-order valence-electron chi connectivity index (χ1n) is 11.4. The monoisotopic (exact) mass is 556 g/mol. The summed E-state index contributed by atoms with van der Waals surface area (Å²) in [6, 6.07) is 7.16. The minimum absolute atomic E-state index is 0.0613.